The van der Waals surface area contributed by atoms with Crippen molar-refractivity contribution in [3.05, 3.63) is 11.8 Å². The minimum absolute atomic E-state index is 0.126. The standard InChI is InChI=1S/C10H14N4O2S/c1-17-10-12-6-7(8(11)13-10)9(15)14-2-4-16-5-3-14/h6H,2-5H2,1H3,(H2,11,12,13). The summed E-state index contributed by atoms with van der Waals surface area (Å²) in [6.07, 6.45) is 3.35. The molecule has 92 valence electrons. The van der Waals surface area contributed by atoms with Crippen LogP contribution in [0.15, 0.2) is 11.4 Å². The van der Waals surface area contributed by atoms with E-state index in [1.807, 2.05) is 6.26 Å². The van der Waals surface area contributed by atoms with Crippen LogP contribution in [-0.4, -0.2) is 53.3 Å². The van der Waals surface area contributed by atoms with Crippen molar-refractivity contribution in [2.24, 2.45) is 0 Å². The molecule has 0 bridgehead atoms. The summed E-state index contributed by atoms with van der Waals surface area (Å²) < 4.78 is 5.19. The molecule has 1 aliphatic rings. The van der Waals surface area contributed by atoms with Gasteiger partial charge in [-0.3, -0.25) is 4.79 Å². The van der Waals surface area contributed by atoms with E-state index in [-0.39, 0.29) is 11.7 Å². The van der Waals surface area contributed by atoms with Gasteiger partial charge in [0.1, 0.15) is 11.4 Å². The maximum absolute atomic E-state index is 12.1. The van der Waals surface area contributed by atoms with Crippen LogP contribution in [0.2, 0.25) is 0 Å². The van der Waals surface area contributed by atoms with E-state index in [4.69, 9.17) is 10.5 Å². The number of nitrogens with two attached hydrogens (primary N) is 1. The van der Waals surface area contributed by atoms with Crippen molar-refractivity contribution in [2.45, 2.75) is 5.16 Å². The highest BCUT2D eigenvalue weighted by molar-refractivity contribution is 7.98. The predicted molar refractivity (Wildman–Crippen MR) is 64.9 cm³/mol. The van der Waals surface area contributed by atoms with E-state index in [0.29, 0.717) is 37.0 Å². The summed E-state index contributed by atoms with van der Waals surface area (Å²) in [5.74, 6) is 0.110. The SMILES string of the molecule is CSc1ncc(C(=O)N2CCOCC2)c(N)n1. The first-order valence-corrected chi connectivity index (χ1v) is 6.48. The molecule has 1 saturated heterocycles. The average Bonchev–Trinajstić information content (AvgIpc) is 2.39. The highest BCUT2D eigenvalue weighted by Gasteiger charge is 2.21. The molecule has 7 heteroatoms. The van der Waals surface area contributed by atoms with Crippen LogP contribution in [-0.2, 0) is 4.74 Å². The molecule has 2 rings (SSSR count). The molecular weight excluding hydrogens is 240 g/mol. The van der Waals surface area contributed by atoms with Crippen molar-refractivity contribution in [3.8, 4) is 0 Å². The van der Waals surface area contributed by atoms with Gasteiger partial charge in [0.25, 0.3) is 5.91 Å². The zero-order valence-corrected chi connectivity index (χ0v) is 10.4. The molecule has 1 aromatic heterocycles. The Morgan fingerprint density at radius 3 is 2.82 bits per heavy atom. The molecule has 0 saturated carbocycles. The lowest BCUT2D eigenvalue weighted by molar-refractivity contribution is 0.0303. The summed E-state index contributed by atoms with van der Waals surface area (Å²) in [4.78, 5) is 22.0. The molecule has 0 aliphatic carbocycles. The van der Waals surface area contributed by atoms with Crippen molar-refractivity contribution in [1.82, 2.24) is 14.9 Å². The van der Waals surface area contributed by atoms with E-state index >= 15 is 0 Å². The third kappa shape index (κ3) is 2.67. The Bertz CT molecular complexity index is 421. The van der Waals surface area contributed by atoms with E-state index < -0.39 is 0 Å². The second kappa shape index (κ2) is 5.33. The Labute approximate surface area is 104 Å². The monoisotopic (exact) mass is 254 g/mol. The summed E-state index contributed by atoms with van der Waals surface area (Å²) in [5.41, 5.74) is 6.13. The molecule has 2 heterocycles. The van der Waals surface area contributed by atoms with Gasteiger partial charge >= 0.3 is 0 Å². The van der Waals surface area contributed by atoms with Crippen molar-refractivity contribution < 1.29 is 9.53 Å². The number of nitrogen functional groups attached to an aromatic ring is 1. The maximum Gasteiger partial charge on any atom is 0.259 e. The number of aromatic nitrogens is 2. The van der Waals surface area contributed by atoms with Crippen LogP contribution in [0.4, 0.5) is 5.82 Å². The van der Waals surface area contributed by atoms with Crippen LogP contribution in [0.1, 0.15) is 10.4 Å². The minimum Gasteiger partial charge on any atom is -0.383 e. The van der Waals surface area contributed by atoms with Gasteiger partial charge in [-0.25, -0.2) is 9.97 Å². The smallest absolute Gasteiger partial charge is 0.259 e. The van der Waals surface area contributed by atoms with Gasteiger partial charge in [-0.15, -0.1) is 0 Å². The number of hydrogen-bond acceptors (Lipinski definition) is 6. The Balaban J connectivity index is 2.18. The maximum atomic E-state index is 12.1. The number of carbonyl (C=O) groups is 1. The Hall–Kier alpha value is -1.34. The molecule has 1 aromatic rings. The van der Waals surface area contributed by atoms with Crippen LogP contribution in [0.25, 0.3) is 0 Å². The van der Waals surface area contributed by atoms with Crippen molar-refractivity contribution in [1.29, 1.82) is 0 Å². The first-order chi connectivity index (χ1) is 8.22. The molecule has 1 amide bonds. The zero-order valence-electron chi connectivity index (χ0n) is 9.55. The molecule has 6 nitrogen and oxygen atoms in total. The molecule has 0 unspecified atom stereocenters. The van der Waals surface area contributed by atoms with E-state index in [2.05, 4.69) is 9.97 Å². The fourth-order valence-corrected chi connectivity index (χ4v) is 1.93. The molecule has 0 spiro atoms. The normalized spacial score (nSPS) is 15.9. The fourth-order valence-electron chi connectivity index (χ4n) is 1.58. The third-order valence-corrected chi connectivity index (χ3v) is 3.07. The second-order valence-electron chi connectivity index (χ2n) is 3.56. The molecular formula is C10H14N4O2S. The molecule has 0 atom stereocenters. The minimum atomic E-state index is -0.126. The second-order valence-corrected chi connectivity index (χ2v) is 4.33. The Kier molecular flexibility index (Phi) is 3.80. The highest BCUT2D eigenvalue weighted by atomic mass is 32.2. The predicted octanol–water partition coefficient (Wildman–Crippen LogP) is 0.253. The van der Waals surface area contributed by atoms with Gasteiger partial charge < -0.3 is 15.4 Å². The number of anilines is 1. The van der Waals surface area contributed by atoms with Gasteiger partial charge in [-0.2, -0.15) is 0 Å². The van der Waals surface area contributed by atoms with E-state index in [1.54, 1.807) is 4.90 Å². The first-order valence-electron chi connectivity index (χ1n) is 5.26. The van der Waals surface area contributed by atoms with Gasteiger partial charge in [-0.05, 0) is 6.26 Å². The van der Waals surface area contributed by atoms with Gasteiger partial charge in [0.05, 0.1) is 13.2 Å². The molecule has 0 aromatic carbocycles. The summed E-state index contributed by atoms with van der Waals surface area (Å²) in [6.45, 7) is 2.30. The lowest BCUT2D eigenvalue weighted by Gasteiger charge is -2.26. The number of carbonyl (C=O) groups excluding carboxylic acids is 1. The topological polar surface area (TPSA) is 81.3 Å². The van der Waals surface area contributed by atoms with Gasteiger partial charge in [0, 0.05) is 19.3 Å². The largest absolute Gasteiger partial charge is 0.383 e. The zero-order chi connectivity index (χ0) is 12.3. The molecule has 17 heavy (non-hydrogen) atoms. The number of thioether (sulfide) groups is 1. The van der Waals surface area contributed by atoms with Crippen LogP contribution < -0.4 is 5.73 Å². The van der Waals surface area contributed by atoms with Gasteiger partial charge in [0.15, 0.2) is 5.16 Å². The number of amides is 1. The van der Waals surface area contributed by atoms with Crippen LogP contribution in [0.5, 0.6) is 0 Å². The van der Waals surface area contributed by atoms with Crippen LogP contribution in [0.3, 0.4) is 0 Å². The van der Waals surface area contributed by atoms with E-state index in [0.717, 1.165) is 0 Å². The quantitative estimate of drug-likeness (QED) is 0.602. The molecule has 2 N–H and O–H groups in total. The van der Waals surface area contributed by atoms with Crippen LogP contribution >= 0.6 is 11.8 Å². The van der Waals surface area contributed by atoms with E-state index in [1.165, 1.54) is 18.0 Å². The lowest BCUT2D eigenvalue weighted by atomic mass is 10.2. The Morgan fingerprint density at radius 1 is 1.53 bits per heavy atom. The highest BCUT2D eigenvalue weighted by Crippen LogP contribution is 2.16. The summed E-state index contributed by atoms with van der Waals surface area (Å²) in [5, 5.41) is 0.570. The fraction of sp³-hybridized carbons (Fsp3) is 0.500. The molecule has 1 aliphatic heterocycles. The number of hydrogen-bond donors (Lipinski definition) is 1. The molecule has 0 radical (unpaired) electrons. The number of nitrogens with zero attached hydrogens (tertiary/aromatic N) is 3. The van der Waals surface area contributed by atoms with Crippen LogP contribution in [0, 0.1) is 0 Å². The van der Waals surface area contributed by atoms with Crippen molar-refractivity contribution in [3.63, 3.8) is 0 Å². The number of rotatable bonds is 2. The van der Waals surface area contributed by atoms with E-state index in [9.17, 15) is 4.79 Å². The Morgan fingerprint density at radius 2 is 2.24 bits per heavy atom. The average molecular weight is 254 g/mol. The summed E-state index contributed by atoms with van der Waals surface area (Å²) in [7, 11) is 0. The summed E-state index contributed by atoms with van der Waals surface area (Å²) in [6, 6.07) is 0. The molecule has 1 fully saturated rings. The van der Waals surface area contributed by atoms with Gasteiger partial charge in [-0.1, -0.05) is 11.8 Å². The van der Waals surface area contributed by atoms with Crippen molar-refractivity contribution >= 4 is 23.5 Å². The number of ether oxygens (including phenoxy) is 1. The summed E-state index contributed by atoms with van der Waals surface area (Å²) >= 11 is 1.39. The van der Waals surface area contributed by atoms with Crippen molar-refractivity contribution in [2.75, 3.05) is 38.3 Å². The lowest BCUT2D eigenvalue weighted by Crippen LogP contribution is -2.41. The number of morpholine rings is 1. The third-order valence-electron chi connectivity index (χ3n) is 2.51. The first kappa shape index (κ1) is 12.1. The van der Waals surface area contributed by atoms with Gasteiger partial charge in [0.2, 0.25) is 0 Å².